The van der Waals surface area contributed by atoms with Crippen LogP contribution in [-0.4, -0.2) is 29.1 Å². The summed E-state index contributed by atoms with van der Waals surface area (Å²) < 4.78 is 1.05. The number of thiazole rings is 1. The Morgan fingerprint density at radius 3 is 2.91 bits per heavy atom. The van der Waals surface area contributed by atoms with E-state index in [0.29, 0.717) is 18.8 Å². The van der Waals surface area contributed by atoms with Crippen LogP contribution in [0, 0.1) is 11.3 Å². The minimum Gasteiger partial charge on any atom is -0.292 e. The molecule has 0 N–H and O–H groups in total. The van der Waals surface area contributed by atoms with Crippen LogP contribution in [-0.2, 0) is 0 Å². The molecule has 1 aromatic carbocycles. The van der Waals surface area contributed by atoms with Crippen LogP contribution < -0.4 is 9.80 Å². The maximum Gasteiger partial charge on any atom is 0.329 e. The number of amides is 2. The summed E-state index contributed by atoms with van der Waals surface area (Å²) >= 11 is 1.55. The largest absolute Gasteiger partial charge is 0.329 e. The first kappa shape index (κ1) is 13.7. The number of nitriles is 1. The third-order valence-electron chi connectivity index (χ3n) is 3.82. The molecule has 112 valence electrons. The van der Waals surface area contributed by atoms with E-state index in [1.807, 2.05) is 24.3 Å². The second kappa shape index (κ2) is 5.34. The molecule has 1 saturated heterocycles. The van der Waals surface area contributed by atoms with Crippen LogP contribution in [0.4, 0.5) is 16.2 Å². The Hall–Kier alpha value is -2.98. The highest BCUT2D eigenvalue weighted by atomic mass is 32.1. The van der Waals surface area contributed by atoms with Gasteiger partial charge in [-0.2, -0.15) is 5.26 Å². The number of aromatic nitrogens is 2. The van der Waals surface area contributed by atoms with E-state index in [0.717, 1.165) is 15.9 Å². The van der Waals surface area contributed by atoms with Crippen molar-refractivity contribution in [2.75, 3.05) is 22.9 Å². The van der Waals surface area contributed by atoms with Gasteiger partial charge in [-0.25, -0.2) is 14.8 Å². The number of hydrogen-bond acceptors (Lipinski definition) is 5. The van der Waals surface area contributed by atoms with Gasteiger partial charge < -0.3 is 0 Å². The van der Waals surface area contributed by atoms with E-state index in [1.54, 1.807) is 45.0 Å². The molecule has 0 spiro atoms. The second-order valence-corrected chi connectivity index (χ2v) is 5.96. The molecule has 0 bridgehead atoms. The molecule has 1 fully saturated rings. The number of nitrogens with zero attached hydrogens (tertiary/aromatic N) is 5. The lowest BCUT2D eigenvalue weighted by atomic mass is 10.3. The van der Waals surface area contributed by atoms with E-state index >= 15 is 0 Å². The fourth-order valence-electron chi connectivity index (χ4n) is 2.71. The van der Waals surface area contributed by atoms with Crippen LogP contribution in [0.25, 0.3) is 10.2 Å². The minimum atomic E-state index is -0.140. The van der Waals surface area contributed by atoms with Gasteiger partial charge in [-0.05, 0) is 30.3 Å². The van der Waals surface area contributed by atoms with E-state index in [-0.39, 0.29) is 11.7 Å². The summed E-state index contributed by atoms with van der Waals surface area (Å²) in [5.41, 5.74) is 4.39. The number of urea groups is 1. The van der Waals surface area contributed by atoms with Crippen LogP contribution in [0.2, 0.25) is 0 Å². The summed E-state index contributed by atoms with van der Waals surface area (Å²) in [5.74, 6) is 0. The zero-order chi connectivity index (χ0) is 15.8. The number of pyridine rings is 1. The molecule has 1 aliphatic heterocycles. The van der Waals surface area contributed by atoms with E-state index in [2.05, 4.69) is 9.97 Å². The molecule has 6 nitrogen and oxygen atoms in total. The average molecular weight is 321 g/mol. The van der Waals surface area contributed by atoms with E-state index in [4.69, 9.17) is 0 Å². The molecule has 3 heterocycles. The minimum absolute atomic E-state index is 0.140. The summed E-state index contributed by atoms with van der Waals surface area (Å²) in [6.45, 7) is 1.10. The van der Waals surface area contributed by atoms with Crippen LogP contribution >= 0.6 is 11.3 Å². The smallest absolute Gasteiger partial charge is 0.292 e. The number of rotatable bonds is 2. The molecule has 3 aromatic rings. The molecular weight excluding hydrogens is 310 g/mol. The highest BCUT2D eigenvalue weighted by Gasteiger charge is 2.32. The van der Waals surface area contributed by atoms with Gasteiger partial charge in [0, 0.05) is 25.0 Å². The van der Waals surface area contributed by atoms with Crippen molar-refractivity contribution in [2.45, 2.75) is 0 Å². The number of anilines is 2. The second-order valence-electron chi connectivity index (χ2n) is 5.07. The van der Waals surface area contributed by atoms with Gasteiger partial charge in [-0.3, -0.25) is 9.80 Å². The van der Waals surface area contributed by atoms with Crippen LogP contribution in [0.15, 0.2) is 42.0 Å². The van der Waals surface area contributed by atoms with Crippen molar-refractivity contribution in [1.82, 2.24) is 9.97 Å². The number of carbonyl (C=O) groups is 1. The monoisotopic (exact) mass is 321 g/mol. The normalized spacial score (nSPS) is 14.5. The Morgan fingerprint density at radius 1 is 1.17 bits per heavy atom. The third kappa shape index (κ3) is 2.20. The average Bonchev–Trinajstić information content (AvgIpc) is 3.20. The van der Waals surface area contributed by atoms with Crippen molar-refractivity contribution in [3.63, 3.8) is 0 Å². The molecule has 1 aliphatic rings. The highest BCUT2D eigenvalue weighted by Crippen LogP contribution is 2.29. The maximum absolute atomic E-state index is 12.8. The molecule has 0 saturated carbocycles. The summed E-state index contributed by atoms with van der Waals surface area (Å²) in [6.07, 6.45) is 1.55. The van der Waals surface area contributed by atoms with Crippen molar-refractivity contribution in [2.24, 2.45) is 0 Å². The molecule has 0 radical (unpaired) electrons. The number of benzene rings is 1. The van der Waals surface area contributed by atoms with Crippen LogP contribution in [0.3, 0.4) is 0 Å². The Morgan fingerprint density at radius 2 is 2.04 bits per heavy atom. The standard InChI is InChI=1S/C16H11N5OS/c17-9-13-14(2-1-5-18-13)21-7-6-20(16(21)22)11-3-4-12-15(8-11)23-10-19-12/h1-5,8,10H,6-7H2. The Bertz CT molecular complexity index is 945. The number of hydrogen-bond donors (Lipinski definition) is 0. The molecule has 0 atom stereocenters. The predicted molar refractivity (Wildman–Crippen MR) is 88.7 cm³/mol. The van der Waals surface area contributed by atoms with Gasteiger partial charge >= 0.3 is 6.03 Å². The molecule has 7 heteroatoms. The van der Waals surface area contributed by atoms with Gasteiger partial charge in [0.25, 0.3) is 0 Å². The first-order chi connectivity index (χ1) is 11.3. The number of fused-ring (bicyclic) bond motifs is 1. The van der Waals surface area contributed by atoms with Crippen LogP contribution in [0.5, 0.6) is 0 Å². The SMILES string of the molecule is N#Cc1ncccc1N1CCN(c2ccc3ncsc3c2)C1=O. The molecule has 23 heavy (non-hydrogen) atoms. The lowest BCUT2D eigenvalue weighted by Crippen LogP contribution is -2.32. The molecule has 2 amide bonds. The van der Waals surface area contributed by atoms with E-state index in [9.17, 15) is 10.1 Å². The maximum atomic E-state index is 12.8. The van der Waals surface area contributed by atoms with Gasteiger partial charge in [0.05, 0.1) is 21.4 Å². The Labute approximate surface area is 136 Å². The van der Waals surface area contributed by atoms with Crippen molar-refractivity contribution >= 4 is 39.0 Å². The van der Waals surface area contributed by atoms with Crippen molar-refractivity contribution in [3.05, 3.63) is 47.7 Å². The first-order valence-corrected chi connectivity index (χ1v) is 7.93. The molecule has 0 aliphatic carbocycles. The first-order valence-electron chi connectivity index (χ1n) is 7.05. The fraction of sp³-hybridized carbons (Fsp3) is 0.125. The molecular formula is C16H11N5OS. The molecule has 4 rings (SSSR count). The lowest BCUT2D eigenvalue weighted by molar-refractivity contribution is 0.256. The van der Waals surface area contributed by atoms with Crippen LogP contribution in [0.1, 0.15) is 5.69 Å². The predicted octanol–water partition coefficient (Wildman–Crippen LogP) is 3.01. The van der Waals surface area contributed by atoms with E-state index < -0.39 is 0 Å². The zero-order valence-electron chi connectivity index (χ0n) is 12.0. The molecule has 0 unspecified atom stereocenters. The van der Waals surface area contributed by atoms with E-state index in [1.165, 1.54) is 0 Å². The highest BCUT2D eigenvalue weighted by molar-refractivity contribution is 7.16. The van der Waals surface area contributed by atoms with Gasteiger partial charge in [0.15, 0.2) is 5.69 Å². The van der Waals surface area contributed by atoms with Gasteiger partial charge in [-0.1, -0.05) is 0 Å². The third-order valence-corrected chi connectivity index (χ3v) is 4.61. The lowest BCUT2D eigenvalue weighted by Gasteiger charge is -2.19. The quantitative estimate of drug-likeness (QED) is 0.727. The summed E-state index contributed by atoms with van der Waals surface area (Å²) in [6, 6.07) is 11.2. The van der Waals surface area contributed by atoms with Gasteiger partial charge in [0.2, 0.25) is 0 Å². The summed E-state index contributed by atoms with van der Waals surface area (Å²) in [4.78, 5) is 24.3. The van der Waals surface area contributed by atoms with Gasteiger partial charge in [0.1, 0.15) is 6.07 Å². The van der Waals surface area contributed by atoms with Gasteiger partial charge in [-0.15, -0.1) is 11.3 Å². The zero-order valence-corrected chi connectivity index (χ0v) is 12.8. The summed E-state index contributed by atoms with van der Waals surface area (Å²) in [5, 5.41) is 9.17. The van der Waals surface area contributed by atoms with Crippen molar-refractivity contribution in [1.29, 1.82) is 5.26 Å². The number of carbonyl (C=O) groups excluding carboxylic acids is 1. The van der Waals surface area contributed by atoms with Crippen molar-refractivity contribution in [3.8, 4) is 6.07 Å². The fourth-order valence-corrected chi connectivity index (χ4v) is 3.42. The van der Waals surface area contributed by atoms with Crippen molar-refractivity contribution < 1.29 is 4.79 Å². The molecule has 2 aromatic heterocycles. The Balaban J connectivity index is 1.68. The summed E-state index contributed by atoms with van der Waals surface area (Å²) in [7, 11) is 0. The topological polar surface area (TPSA) is 73.1 Å². The Kier molecular flexibility index (Phi) is 3.17.